The van der Waals surface area contributed by atoms with Gasteiger partial charge in [-0.3, -0.25) is 4.79 Å². The van der Waals surface area contributed by atoms with Gasteiger partial charge in [-0.25, -0.2) is 8.42 Å². The minimum atomic E-state index is -3.78. The molecular formula is C13H21N3O3S. The Morgan fingerprint density at radius 1 is 1.35 bits per heavy atom. The first kappa shape index (κ1) is 16.5. The molecular weight excluding hydrogens is 278 g/mol. The number of rotatable bonds is 6. The second kappa shape index (κ2) is 6.23. The first-order chi connectivity index (χ1) is 9.14. The molecule has 0 saturated carbocycles. The maximum Gasteiger partial charge on any atom is 0.243 e. The minimum Gasteiger partial charge on any atom is -0.398 e. The van der Waals surface area contributed by atoms with Crippen molar-refractivity contribution in [3.8, 4) is 0 Å². The summed E-state index contributed by atoms with van der Waals surface area (Å²) in [6.07, 6.45) is 0. The second-order valence-corrected chi connectivity index (χ2v) is 7.11. The van der Waals surface area contributed by atoms with E-state index in [1.807, 2.05) is 13.8 Å². The fourth-order valence-corrected chi connectivity index (χ4v) is 3.36. The van der Waals surface area contributed by atoms with Gasteiger partial charge in [-0.2, -0.15) is 4.31 Å². The van der Waals surface area contributed by atoms with Crippen LogP contribution < -0.4 is 11.5 Å². The second-order valence-electron chi connectivity index (χ2n) is 5.18. The van der Waals surface area contributed by atoms with E-state index in [9.17, 15) is 13.2 Å². The highest BCUT2D eigenvalue weighted by atomic mass is 32.2. The van der Waals surface area contributed by atoms with Gasteiger partial charge in [-0.05, 0) is 30.5 Å². The van der Waals surface area contributed by atoms with Gasteiger partial charge in [0.15, 0.2) is 0 Å². The van der Waals surface area contributed by atoms with Crippen LogP contribution in [0.4, 0.5) is 5.69 Å². The zero-order valence-corrected chi connectivity index (χ0v) is 12.8. The van der Waals surface area contributed by atoms with E-state index in [-0.39, 0.29) is 23.9 Å². The third-order valence-corrected chi connectivity index (χ3v) is 4.60. The van der Waals surface area contributed by atoms with Gasteiger partial charge in [-0.1, -0.05) is 19.9 Å². The highest BCUT2D eigenvalue weighted by molar-refractivity contribution is 7.89. The molecule has 0 bridgehead atoms. The van der Waals surface area contributed by atoms with Gasteiger partial charge in [0, 0.05) is 12.2 Å². The Morgan fingerprint density at radius 3 is 2.40 bits per heavy atom. The molecule has 0 fully saturated rings. The number of carbonyl (C=O) groups is 1. The van der Waals surface area contributed by atoms with E-state index in [0.29, 0.717) is 5.69 Å². The summed E-state index contributed by atoms with van der Waals surface area (Å²) >= 11 is 0. The van der Waals surface area contributed by atoms with Crippen molar-refractivity contribution < 1.29 is 13.2 Å². The van der Waals surface area contributed by atoms with E-state index in [4.69, 9.17) is 11.5 Å². The summed E-state index contributed by atoms with van der Waals surface area (Å²) in [5.41, 5.74) is 12.1. The van der Waals surface area contributed by atoms with Gasteiger partial charge in [0.1, 0.15) is 0 Å². The third-order valence-electron chi connectivity index (χ3n) is 2.79. The van der Waals surface area contributed by atoms with Crippen LogP contribution in [-0.2, 0) is 14.8 Å². The van der Waals surface area contributed by atoms with Crippen LogP contribution in [0.15, 0.2) is 23.1 Å². The Bertz CT molecular complexity index is 597. The Labute approximate surface area is 119 Å². The maximum absolute atomic E-state index is 12.5. The SMILES string of the molecule is Cc1ccc(S(=O)(=O)N(CC(N)=O)CC(C)C)cc1N. The van der Waals surface area contributed by atoms with Crippen LogP contribution in [-0.4, -0.2) is 31.7 Å². The number of sulfonamides is 1. The van der Waals surface area contributed by atoms with E-state index in [1.165, 1.54) is 12.1 Å². The van der Waals surface area contributed by atoms with Crippen molar-refractivity contribution in [3.05, 3.63) is 23.8 Å². The predicted octanol–water partition coefficient (Wildman–Crippen LogP) is 0.709. The van der Waals surface area contributed by atoms with Gasteiger partial charge >= 0.3 is 0 Å². The summed E-state index contributed by atoms with van der Waals surface area (Å²) in [5.74, 6) is -0.610. The maximum atomic E-state index is 12.5. The fourth-order valence-electron chi connectivity index (χ4n) is 1.76. The number of hydrogen-bond donors (Lipinski definition) is 2. The largest absolute Gasteiger partial charge is 0.398 e. The van der Waals surface area contributed by atoms with E-state index in [2.05, 4.69) is 0 Å². The van der Waals surface area contributed by atoms with E-state index < -0.39 is 15.9 Å². The first-order valence-electron chi connectivity index (χ1n) is 6.29. The molecule has 0 spiro atoms. The van der Waals surface area contributed by atoms with Crippen molar-refractivity contribution in [1.82, 2.24) is 4.31 Å². The van der Waals surface area contributed by atoms with E-state index >= 15 is 0 Å². The van der Waals surface area contributed by atoms with E-state index in [0.717, 1.165) is 9.87 Å². The number of benzene rings is 1. The quantitative estimate of drug-likeness (QED) is 0.754. The van der Waals surface area contributed by atoms with E-state index in [1.54, 1.807) is 13.0 Å². The summed E-state index contributed by atoms with van der Waals surface area (Å²) in [6, 6.07) is 4.52. The molecule has 0 saturated heterocycles. The van der Waals surface area contributed by atoms with Crippen LogP contribution in [0.1, 0.15) is 19.4 Å². The zero-order chi connectivity index (χ0) is 15.5. The molecule has 0 heterocycles. The van der Waals surface area contributed by atoms with Gasteiger partial charge in [0.05, 0.1) is 11.4 Å². The smallest absolute Gasteiger partial charge is 0.243 e. The number of nitrogens with two attached hydrogens (primary N) is 2. The van der Waals surface area contributed by atoms with Crippen LogP contribution in [0, 0.1) is 12.8 Å². The summed E-state index contributed by atoms with van der Waals surface area (Å²) in [7, 11) is -3.78. The summed E-state index contributed by atoms with van der Waals surface area (Å²) in [6.45, 7) is 5.41. The molecule has 0 unspecified atom stereocenters. The Hall–Kier alpha value is -1.60. The lowest BCUT2D eigenvalue weighted by atomic mass is 10.2. The molecule has 0 radical (unpaired) electrons. The molecule has 1 aromatic rings. The zero-order valence-electron chi connectivity index (χ0n) is 12.0. The Balaban J connectivity index is 3.20. The van der Waals surface area contributed by atoms with Crippen LogP contribution in [0.2, 0.25) is 0 Å². The highest BCUT2D eigenvalue weighted by Gasteiger charge is 2.26. The topological polar surface area (TPSA) is 106 Å². The number of primary amides is 1. The molecule has 1 amide bonds. The van der Waals surface area contributed by atoms with Crippen molar-refractivity contribution in [2.75, 3.05) is 18.8 Å². The average Bonchev–Trinajstić information content (AvgIpc) is 2.30. The van der Waals surface area contributed by atoms with Crippen LogP contribution in [0.3, 0.4) is 0 Å². The van der Waals surface area contributed by atoms with Gasteiger partial charge in [-0.15, -0.1) is 0 Å². The molecule has 0 aliphatic rings. The molecule has 4 N–H and O–H groups in total. The molecule has 20 heavy (non-hydrogen) atoms. The standard InChI is InChI=1S/C13H21N3O3S/c1-9(2)7-16(8-13(15)17)20(18,19)11-5-4-10(3)12(14)6-11/h4-6,9H,7-8,14H2,1-3H3,(H2,15,17). The monoisotopic (exact) mass is 299 g/mol. The molecule has 0 aliphatic carbocycles. The van der Waals surface area contributed by atoms with Crippen molar-refractivity contribution in [2.24, 2.45) is 11.7 Å². The normalized spacial score (nSPS) is 12.1. The number of amides is 1. The van der Waals surface area contributed by atoms with Gasteiger partial charge in [0.25, 0.3) is 0 Å². The van der Waals surface area contributed by atoms with Gasteiger partial charge < -0.3 is 11.5 Å². The van der Waals surface area contributed by atoms with Crippen molar-refractivity contribution in [2.45, 2.75) is 25.7 Å². The lowest BCUT2D eigenvalue weighted by Gasteiger charge is -2.22. The minimum absolute atomic E-state index is 0.0718. The molecule has 7 heteroatoms. The highest BCUT2D eigenvalue weighted by Crippen LogP contribution is 2.21. The third kappa shape index (κ3) is 3.94. The molecule has 0 aromatic heterocycles. The van der Waals surface area contributed by atoms with Crippen LogP contribution >= 0.6 is 0 Å². The first-order valence-corrected chi connectivity index (χ1v) is 7.73. The predicted molar refractivity (Wildman–Crippen MR) is 78.4 cm³/mol. The number of carbonyl (C=O) groups excluding carboxylic acids is 1. The Morgan fingerprint density at radius 2 is 1.95 bits per heavy atom. The summed E-state index contributed by atoms with van der Waals surface area (Å²) in [4.78, 5) is 11.2. The number of anilines is 1. The molecule has 6 nitrogen and oxygen atoms in total. The molecule has 0 atom stereocenters. The number of nitrogens with zero attached hydrogens (tertiary/aromatic N) is 1. The molecule has 1 rings (SSSR count). The Kier molecular flexibility index (Phi) is 5.13. The lowest BCUT2D eigenvalue weighted by Crippen LogP contribution is -2.40. The molecule has 0 aliphatic heterocycles. The number of hydrogen-bond acceptors (Lipinski definition) is 4. The van der Waals surface area contributed by atoms with Crippen molar-refractivity contribution in [1.29, 1.82) is 0 Å². The lowest BCUT2D eigenvalue weighted by molar-refractivity contribution is -0.118. The number of aryl methyl sites for hydroxylation is 1. The van der Waals surface area contributed by atoms with Gasteiger partial charge in [0.2, 0.25) is 15.9 Å². The average molecular weight is 299 g/mol. The fraction of sp³-hybridized carbons (Fsp3) is 0.462. The summed E-state index contributed by atoms with van der Waals surface area (Å²) in [5, 5.41) is 0. The van der Waals surface area contributed by atoms with Crippen molar-refractivity contribution >= 4 is 21.6 Å². The number of nitrogen functional groups attached to an aromatic ring is 1. The molecule has 1 aromatic carbocycles. The van der Waals surface area contributed by atoms with Crippen LogP contribution in [0.25, 0.3) is 0 Å². The van der Waals surface area contributed by atoms with Crippen LogP contribution in [0.5, 0.6) is 0 Å². The van der Waals surface area contributed by atoms with Crippen molar-refractivity contribution in [3.63, 3.8) is 0 Å². The molecule has 112 valence electrons. The summed E-state index contributed by atoms with van der Waals surface area (Å²) < 4.78 is 26.1.